The Morgan fingerprint density at radius 1 is 1.00 bits per heavy atom. The molecule has 1 aliphatic rings. The molecule has 0 radical (unpaired) electrons. The van der Waals surface area contributed by atoms with Crippen molar-refractivity contribution >= 4 is 12.0 Å². The van der Waals surface area contributed by atoms with Crippen molar-refractivity contribution < 1.29 is 23.8 Å². The molecule has 0 spiro atoms. The number of amides is 2. The van der Waals surface area contributed by atoms with E-state index in [4.69, 9.17) is 14.2 Å². The molecule has 1 aliphatic heterocycles. The molecule has 1 atom stereocenters. The van der Waals surface area contributed by atoms with Crippen LogP contribution in [0.4, 0.5) is 4.79 Å². The van der Waals surface area contributed by atoms with Crippen LogP contribution >= 0.6 is 0 Å². The number of hydrogen-bond donors (Lipinski definition) is 2. The second-order valence-corrected chi connectivity index (χ2v) is 7.65. The lowest BCUT2D eigenvalue weighted by Crippen LogP contribution is -2.45. The molecule has 0 aromatic heterocycles. The summed E-state index contributed by atoms with van der Waals surface area (Å²) in [4.78, 5) is 24.5. The van der Waals surface area contributed by atoms with Crippen molar-refractivity contribution in [2.24, 2.45) is 0 Å². The molecule has 7 heteroatoms. The van der Waals surface area contributed by atoms with E-state index in [-0.39, 0.29) is 6.03 Å². The van der Waals surface area contributed by atoms with Crippen LogP contribution in [0.25, 0.3) is 0 Å². The van der Waals surface area contributed by atoms with E-state index < -0.39 is 12.0 Å². The van der Waals surface area contributed by atoms with Gasteiger partial charge in [-0.15, -0.1) is 0 Å². The van der Waals surface area contributed by atoms with Crippen molar-refractivity contribution in [3.05, 3.63) is 35.0 Å². The van der Waals surface area contributed by atoms with Gasteiger partial charge in [-0.2, -0.15) is 0 Å². The summed E-state index contributed by atoms with van der Waals surface area (Å²) < 4.78 is 16.4. The third-order valence-corrected chi connectivity index (χ3v) is 5.44. The minimum atomic E-state index is -0.623. The van der Waals surface area contributed by atoms with Crippen molar-refractivity contribution in [2.45, 2.75) is 71.3 Å². The highest BCUT2D eigenvalue weighted by Crippen LogP contribution is 2.35. The van der Waals surface area contributed by atoms with Gasteiger partial charge in [0.1, 0.15) is 0 Å². The van der Waals surface area contributed by atoms with Gasteiger partial charge in [0.05, 0.1) is 32.4 Å². The average molecular weight is 433 g/mol. The molecule has 0 saturated heterocycles. The Hall–Kier alpha value is -2.70. The van der Waals surface area contributed by atoms with Crippen LogP contribution in [0.15, 0.2) is 29.5 Å². The normalized spacial score (nSPS) is 15.9. The lowest BCUT2D eigenvalue weighted by atomic mass is 9.94. The van der Waals surface area contributed by atoms with E-state index >= 15 is 0 Å². The molecule has 2 amide bonds. The van der Waals surface area contributed by atoms with E-state index in [1.165, 1.54) is 39.2 Å². The molecule has 1 unspecified atom stereocenters. The van der Waals surface area contributed by atoms with Crippen molar-refractivity contribution in [3.63, 3.8) is 0 Å². The minimum absolute atomic E-state index is 0.354. The zero-order valence-corrected chi connectivity index (χ0v) is 19.2. The predicted octanol–water partition coefficient (Wildman–Crippen LogP) is 5.02. The van der Waals surface area contributed by atoms with Crippen LogP contribution < -0.4 is 20.1 Å². The molecule has 2 N–H and O–H groups in total. The summed E-state index contributed by atoms with van der Waals surface area (Å²) in [5.74, 6) is 0.736. The fourth-order valence-corrected chi connectivity index (χ4v) is 3.72. The Morgan fingerprint density at radius 3 is 2.35 bits per heavy atom. The first-order valence-corrected chi connectivity index (χ1v) is 11.2. The molecular formula is C24H36N2O5. The second-order valence-electron chi connectivity index (χ2n) is 7.65. The van der Waals surface area contributed by atoms with Gasteiger partial charge in [-0.3, -0.25) is 0 Å². The predicted molar refractivity (Wildman–Crippen MR) is 120 cm³/mol. The van der Waals surface area contributed by atoms with E-state index in [0.29, 0.717) is 35.8 Å². The van der Waals surface area contributed by atoms with Crippen molar-refractivity contribution in [3.8, 4) is 11.5 Å². The zero-order chi connectivity index (χ0) is 22.6. The summed E-state index contributed by atoms with van der Waals surface area (Å²) in [5.41, 5.74) is 1.67. The van der Waals surface area contributed by atoms with Crippen molar-refractivity contribution in [1.29, 1.82) is 0 Å². The first kappa shape index (κ1) is 24.6. The van der Waals surface area contributed by atoms with Gasteiger partial charge in [0.15, 0.2) is 11.5 Å². The van der Waals surface area contributed by atoms with Gasteiger partial charge >= 0.3 is 12.0 Å². The molecule has 0 saturated carbocycles. The minimum Gasteiger partial charge on any atom is -0.493 e. The van der Waals surface area contributed by atoms with E-state index in [1.54, 1.807) is 13.2 Å². The van der Waals surface area contributed by atoms with Gasteiger partial charge in [-0.25, -0.2) is 9.59 Å². The van der Waals surface area contributed by atoms with Gasteiger partial charge in [-0.05, 0) is 30.5 Å². The molecule has 0 fully saturated rings. The van der Waals surface area contributed by atoms with Crippen molar-refractivity contribution in [1.82, 2.24) is 10.6 Å². The van der Waals surface area contributed by atoms with Crippen LogP contribution in [-0.4, -0.2) is 32.8 Å². The SMILES string of the molecule is CCCCCCCCCOc1ccc(C2NC(=O)NC(CC)=C2C(=O)OC)cc1OC. The Labute approximate surface area is 185 Å². The van der Waals surface area contributed by atoms with Crippen LogP contribution in [0, 0.1) is 0 Å². The Kier molecular flexibility index (Phi) is 10.2. The van der Waals surface area contributed by atoms with Crippen LogP contribution in [0.1, 0.15) is 76.8 Å². The number of urea groups is 1. The van der Waals surface area contributed by atoms with Gasteiger partial charge in [0.2, 0.25) is 0 Å². The van der Waals surface area contributed by atoms with Crippen LogP contribution in [-0.2, 0) is 9.53 Å². The molecule has 0 bridgehead atoms. The lowest BCUT2D eigenvalue weighted by Gasteiger charge is -2.29. The standard InChI is InChI=1S/C24H36N2O5/c1-5-7-8-9-10-11-12-15-31-19-14-13-17(16-20(19)29-3)22-21(23(27)30-4)18(6-2)25-24(28)26-22/h13-14,16,22H,5-12,15H2,1-4H3,(H2,25,26,28). The number of ether oxygens (including phenoxy) is 3. The van der Waals surface area contributed by atoms with Gasteiger partial charge in [0, 0.05) is 5.70 Å². The fourth-order valence-electron chi connectivity index (χ4n) is 3.72. The Balaban J connectivity index is 2.07. The van der Waals surface area contributed by atoms with E-state index in [0.717, 1.165) is 18.4 Å². The number of unbranched alkanes of at least 4 members (excludes halogenated alkanes) is 6. The number of methoxy groups -OCH3 is 2. The highest BCUT2D eigenvalue weighted by atomic mass is 16.5. The molecule has 7 nitrogen and oxygen atoms in total. The number of allylic oxidation sites excluding steroid dienone is 1. The first-order valence-electron chi connectivity index (χ1n) is 11.2. The number of carbonyl (C=O) groups excluding carboxylic acids is 2. The second kappa shape index (κ2) is 12.9. The summed E-state index contributed by atoms with van der Waals surface area (Å²) in [7, 11) is 2.91. The zero-order valence-electron chi connectivity index (χ0n) is 19.2. The smallest absolute Gasteiger partial charge is 0.337 e. The van der Waals surface area contributed by atoms with Crippen molar-refractivity contribution in [2.75, 3.05) is 20.8 Å². The fraction of sp³-hybridized carbons (Fsp3) is 0.583. The highest BCUT2D eigenvalue weighted by molar-refractivity contribution is 5.95. The number of esters is 1. The summed E-state index contributed by atoms with van der Waals surface area (Å²) in [6.45, 7) is 4.73. The Bertz CT molecular complexity index is 775. The summed E-state index contributed by atoms with van der Waals surface area (Å²) in [6.07, 6.45) is 9.04. The molecule has 1 aromatic rings. The molecule has 172 valence electrons. The van der Waals surface area contributed by atoms with Gasteiger partial charge < -0.3 is 24.8 Å². The highest BCUT2D eigenvalue weighted by Gasteiger charge is 2.33. The number of rotatable bonds is 13. The maximum atomic E-state index is 12.4. The number of benzene rings is 1. The third kappa shape index (κ3) is 6.91. The number of carbonyl (C=O) groups is 2. The van der Waals surface area contributed by atoms with E-state index in [9.17, 15) is 9.59 Å². The quantitative estimate of drug-likeness (QED) is 0.338. The molecule has 0 aliphatic carbocycles. The Morgan fingerprint density at radius 2 is 1.71 bits per heavy atom. The molecule has 2 rings (SSSR count). The summed E-state index contributed by atoms with van der Waals surface area (Å²) in [5, 5.41) is 5.51. The van der Waals surface area contributed by atoms with Crippen LogP contribution in [0.3, 0.4) is 0 Å². The number of nitrogens with one attached hydrogen (secondary N) is 2. The topological polar surface area (TPSA) is 85.9 Å². The first-order chi connectivity index (χ1) is 15.0. The van der Waals surface area contributed by atoms with Crippen LogP contribution in [0.2, 0.25) is 0 Å². The molecule has 31 heavy (non-hydrogen) atoms. The molecular weight excluding hydrogens is 396 g/mol. The van der Waals surface area contributed by atoms with E-state index in [2.05, 4.69) is 17.6 Å². The summed E-state index contributed by atoms with van der Waals surface area (Å²) >= 11 is 0. The van der Waals surface area contributed by atoms with Gasteiger partial charge in [-0.1, -0.05) is 58.4 Å². The maximum absolute atomic E-state index is 12.4. The van der Waals surface area contributed by atoms with Gasteiger partial charge in [0.25, 0.3) is 0 Å². The largest absolute Gasteiger partial charge is 0.493 e. The molecule has 1 aromatic carbocycles. The maximum Gasteiger partial charge on any atom is 0.337 e. The third-order valence-electron chi connectivity index (χ3n) is 5.44. The monoisotopic (exact) mass is 432 g/mol. The molecule has 1 heterocycles. The van der Waals surface area contributed by atoms with E-state index in [1.807, 2.05) is 19.1 Å². The average Bonchev–Trinajstić information content (AvgIpc) is 2.79. The summed E-state index contributed by atoms with van der Waals surface area (Å²) in [6, 6.07) is 4.49. The number of hydrogen-bond acceptors (Lipinski definition) is 5. The van der Waals surface area contributed by atoms with Crippen LogP contribution in [0.5, 0.6) is 11.5 Å². The lowest BCUT2D eigenvalue weighted by molar-refractivity contribution is -0.136.